The van der Waals surface area contributed by atoms with Crippen LogP contribution in [-0.4, -0.2) is 39.4 Å². The van der Waals surface area contributed by atoms with Crippen LogP contribution in [0.5, 0.6) is 0 Å². The molecule has 0 saturated carbocycles. The second kappa shape index (κ2) is 3.15. The maximum Gasteiger partial charge on any atom is 0.126 e. The van der Waals surface area contributed by atoms with Crippen LogP contribution in [0.3, 0.4) is 0 Å². The molecule has 1 fully saturated rings. The number of likely N-dealkylation sites (N-methyl/N-ethyl adjacent to an activating group) is 1. The van der Waals surface area contributed by atoms with Gasteiger partial charge in [-0.05, 0) is 0 Å². The lowest BCUT2D eigenvalue weighted by Crippen LogP contribution is -2.89. The Kier molecular flexibility index (Phi) is 2.45. The molecule has 1 saturated heterocycles. The van der Waals surface area contributed by atoms with Crippen LogP contribution in [0.1, 0.15) is 0 Å². The predicted molar refractivity (Wildman–Crippen MR) is 35.3 cm³/mol. The number of hydrogen-bond donors (Lipinski definition) is 2. The van der Waals surface area contributed by atoms with Crippen molar-refractivity contribution in [1.82, 2.24) is 5.32 Å². The Balaban J connectivity index is 2.32. The molecule has 0 aromatic heterocycles. The van der Waals surface area contributed by atoms with E-state index in [2.05, 4.69) is 17.7 Å². The van der Waals surface area contributed by atoms with Gasteiger partial charge in [0.15, 0.2) is 0 Å². The van der Waals surface area contributed by atoms with Crippen LogP contribution < -0.4 is 10.6 Å². The maximum atomic E-state index is 5.22. The number of nitrogens with one attached hydrogen (secondary N) is 1. The second-order valence-electron chi connectivity index (χ2n) is 2.43. The molecule has 3 nitrogen and oxygen atoms in total. The van der Waals surface area contributed by atoms with Crippen molar-refractivity contribution in [1.29, 1.82) is 0 Å². The third-order valence-corrected chi connectivity index (χ3v) is 1.93. The van der Waals surface area contributed by atoms with E-state index in [0.29, 0.717) is 12.1 Å². The quantitative estimate of drug-likeness (QED) is 0.462. The molecule has 1 aliphatic rings. The van der Waals surface area contributed by atoms with Gasteiger partial charge in [-0.15, -0.1) is 0 Å². The van der Waals surface area contributed by atoms with Gasteiger partial charge in [0.05, 0.1) is 13.6 Å². The standard InChI is InChI=1S/C6H14N2O/c1-7-5-3-8-4-6(5)9-2/h5-8H,3-4H2,1-2H3/p+1. The molecule has 0 aromatic rings. The number of quaternary nitrogens is 1. The SMILES string of the molecule is C[NH2+]C1CNCC1OC. The monoisotopic (exact) mass is 131 g/mol. The van der Waals surface area contributed by atoms with E-state index in [9.17, 15) is 0 Å². The topological polar surface area (TPSA) is 37.9 Å². The molecule has 9 heavy (non-hydrogen) atoms. The summed E-state index contributed by atoms with van der Waals surface area (Å²) in [6.07, 6.45) is 0.412. The highest BCUT2D eigenvalue weighted by atomic mass is 16.5. The van der Waals surface area contributed by atoms with Crippen molar-refractivity contribution in [3.8, 4) is 0 Å². The zero-order valence-corrected chi connectivity index (χ0v) is 6.05. The zero-order chi connectivity index (χ0) is 6.69. The van der Waals surface area contributed by atoms with Gasteiger partial charge in [0.25, 0.3) is 0 Å². The second-order valence-corrected chi connectivity index (χ2v) is 2.43. The molecule has 0 aliphatic carbocycles. The summed E-state index contributed by atoms with van der Waals surface area (Å²) in [5, 5.41) is 5.47. The average molecular weight is 131 g/mol. The van der Waals surface area contributed by atoms with Crippen LogP contribution in [0.2, 0.25) is 0 Å². The normalized spacial score (nSPS) is 35.3. The highest BCUT2D eigenvalue weighted by molar-refractivity contribution is 4.79. The van der Waals surface area contributed by atoms with Gasteiger partial charge in [0.2, 0.25) is 0 Å². The van der Waals surface area contributed by atoms with Crippen molar-refractivity contribution in [3.05, 3.63) is 0 Å². The molecule has 2 unspecified atom stereocenters. The van der Waals surface area contributed by atoms with Gasteiger partial charge in [-0.3, -0.25) is 0 Å². The fourth-order valence-corrected chi connectivity index (χ4v) is 1.27. The Hall–Kier alpha value is -0.120. The van der Waals surface area contributed by atoms with Crippen molar-refractivity contribution < 1.29 is 10.1 Å². The maximum absolute atomic E-state index is 5.22. The fraction of sp³-hybridized carbons (Fsp3) is 1.00. The summed E-state index contributed by atoms with van der Waals surface area (Å²) < 4.78 is 5.22. The zero-order valence-electron chi connectivity index (χ0n) is 6.05. The Morgan fingerprint density at radius 2 is 2.33 bits per heavy atom. The van der Waals surface area contributed by atoms with E-state index < -0.39 is 0 Å². The van der Waals surface area contributed by atoms with Crippen LogP contribution in [-0.2, 0) is 4.74 Å². The molecule has 1 heterocycles. The van der Waals surface area contributed by atoms with E-state index >= 15 is 0 Å². The molecule has 0 spiro atoms. The Morgan fingerprint density at radius 3 is 2.78 bits per heavy atom. The summed E-state index contributed by atoms with van der Waals surface area (Å²) in [5.74, 6) is 0. The van der Waals surface area contributed by atoms with Crippen molar-refractivity contribution in [2.45, 2.75) is 12.1 Å². The van der Waals surface area contributed by atoms with Gasteiger partial charge in [-0.25, -0.2) is 0 Å². The molecule has 0 radical (unpaired) electrons. The van der Waals surface area contributed by atoms with Crippen molar-refractivity contribution in [2.24, 2.45) is 0 Å². The highest BCUT2D eigenvalue weighted by Gasteiger charge is 2.27. The molecule has 0 amide bonds. The summed E-state index contributed by atoms with van der Waals surface area (Å²) in [6.45, 7) is 2.08. The van der Waals surface area contributed by atoms with Crippen molar-refractivity contribution in [2.75, 3.05) is 27.2 Å². The third kappa shape index (κ3) is 1.41. The number of ether oxygens (including phenoxy) is 1. The van der Waals surface area contributed by atoms with Crippen LogP contribution >= 0.6 is 0 Å². The first-order valence-corrected chi connectivity index (χ1v) is 3.41. The first kappa shape index (κ1) is 6.99. The molecule has 54 valence electrons. The van der Waals surface area contributed by atoms with Gasteiger partial charge in [-0.1, -0.05) is 0 Å². The summed E-state index contributed by atoms with van der Waals surface area (Å²) >= 11 is 0. The van der Waals surface area contributed by atoms with Crippen LogP contribution in [0.25, 0.3) is 0 Å². The lowest BCUT2D eigenvalue weighted by atomic mass is 10.2. The molecule has 2 atom stereocenters. The Morgan fingerprint density at radius 1 is 1.56 bits per heavy atom. The number of hydrogen-bond acceptors (Lipinski definition) is 2. The van der Waals surface area contributed by atoms with Gasteiger partial charge in [0, 0.05) is 13.7 Å². The van der Waals surface area contributed by atoms with Gasteiger partial charge in [0.1, 0.15) is 12.1 Å². The summed E-state index contributed by atoms with van der Waals surface area (Å²) in [4.78, 5) is 0. The molecule has 3 heteroatoms. The average Bonchev–Trinajstić information content (AvgIpc) is 2.33. The molecule has 3 N–H and O–H groups in total. The minimum absolute atomic E-state index is 0.412. The minimum Gasteiger partial charge on any atom is -0.374 e. The van der Waals surface area contributed by atoms with Crippen LogP contribution in [0, 0.1) is 0 Å². The number of nitrogens with two attached hydrogens (primary N) is 1. The molecule has 1 aliphatic heterocycles. The lowest BCUT2D eigenvalue weighted by Gasteiger charge is -2.11. The van der Waals surface area contributed by atoms with E-state index in [1.54, 1.807) is 7.11 Å². The first-order valence-electron chi connectivity index (χ1n) is 3.41. The highest BCUT2D eigenvalue weighted by Crippen LogP contribution is 1.97. The molecule has 0 bridgehead atoms. The third-order valence-electron chi connectivity index (χ3n) is 1.93. The number of methoxy groups -OCH3 is 1. The Bertz CT molecular complexity index is 77.1. The van der Waals surface area contributed by atoms with E-state index in [0.717, 1.165) is 13.1 Å². The molecular weight excluding hydrogens is 116 g/mol. The van der Waals surface area contributed by atoms with Gasteiger partial charge in [-0.2, -0.15) is 0 Å². The molecule has 0 aromatic carbocycles. The van der Waals surface area contributed by atoms with E-state index in [-0.39, 0.29) is 0 Å². The fourth-order valence-electron chi connectivity index (χ4n) is 1.27. The lowest BCUT2D eigenvalue weighted by molar-refractivity contribution is -0.666. The molecule has 1 rings (SSSR count). The molecular formula is C6H15N2O+. The summed E-state index contributed by atoms with van der Waals surface area (Å²) in [7, 11) is 3.86. The first-order chi connectivity index (χ1) is 4.38. The summed E-state index contributed by atoms with van der Waals surface area (Å²) in [6, 6.07) is 0.620. The Labute approximate surface area is 55.8 Å². The van der Waals surface area contributed by atoms with E-state index in [1.165, 1.54) is 0 Å². The van der Waals surface area contributed by atoms with Gasteiger partial charge >= 0.3 is 0 Å². The summed E-state index contributed by atoms with van der Waals surface area (Å²) in [5.41, 5.74) is 0. The number of rotatable bonds is 2. The van der Waals surface area contributed by atoms with E-state index in [4.69, 9.17) is 4.74 Å². The largest absolute Gasteiger partial charge is 0.374 e. The van der Waals surface area contributed by atoms with Crippen LogP contribution in [0.15, 0.2) is 0 Å². The smallest absolute Gasteiger partial charge is 0.126 e. The van der Waals surface area contributed by atoms with E-state index in [1.807, 2.05) is 0 Å². The van der Waals surface area contributed by atoms with Gasteiger partial charge < -0.3 is 15.4 Å². The van der Waals surface area contributed by atoms with Crippen molar-refractivity contribution >= 4 is 0 Å². The van der Waals surface area contributed by atoms with Crippen molar-refractivity contribution in [3.63, 3.8) is 0 Å². The predicted octanol–water partition coefficient (Wildman–Crippen LogP) is -1.83. The van der Waals surface area contributed by atoms with Crippen LogP contribution in [0.4, 0.5) is 0 Å². The minimum atomic E-state index is 0.412.